The van der Waals surface area contributed by atoms with Crippen LogP contribution in [-0.2, 0) is 14.6 Å². The molecule has 0 fully saturated rings. The van der Waals surface area contributed by atoms with Crippen molar-refractivity contribution in [3.8, 4) is 5.75 Å². The van der Waals surface area contributed by atoms with E-state index in [1.165, 1.54) is 11.3 Å². The Morgan fingerprint density at radius 1 is 1.14 bits per heavy atom. The third kappa shape index (κ3) is 3.56. The molecule has 7 heteroatoms. The number of hydrogen-bond donors (Lipinski definition) is 1. The number of hydrogen-bond acceptors (Lipinski definition) is 5. The Labute approximate surface area is 174 Å². The average molecular weight is 428 g/mol. The summed E-state index contributed by atoms with van der Waals surface area (Å²) < 4.78 is 32.2. The van der Waals surface area contributed by atoms with E-state index >= 15 is 0 Å². The van der Waals surface area contributed by atoms with Crippen molar-refractivity contribution in [3.05, 3.63) is 69.9 Å². The van der Waals surface area contributed by atoms with Gasteiger partial charge in [-0.05, 0) is 32.0 Å². The number of ether oxygens (including phenoxy) is 1. The fourth-order valence-corrected chi connectivity index (χ4v) is 6.45. The summed E-state index contributed by atoms with van der Waals surface area (Å²) in [5.74, 6) is 0.276. The van der Waals surface area contributed by atoms with Crippen LogP contribution in [0.5, 0.6) is 5.75 Å². The largest absolute Gasteiger partial charge is 0.494 e. The molecule has 1 amide bonds. The van der Waals surface area contributed by atoms with Gasteiger partial charge < -0.3 is 10.1 Å². The van der Waals surface area contributed by atoms with Gasteiger partial charge in [0.2, 0.25) is 15.7 Å². The van der Waals surface area contributed by atoms with Crippen LogP contribution in [0.3, 0.4) is 0 Å². The van der Waals surface area contributed by atoms with Crippen molar-refractivity contribution >= 4 is 32.8 Å². The number of benzene rings is 2. The van der Waals surface area contributed by atoms with Gasteiger partial charge in [0, 0.05) is 28.2 Å². The first-order valence-electron chi connectivity index (χ1n) is 9.36. The Morgan fingerprint density at radius 2 is 1.86 bits per heavy atom. The molecule has 2 aromatic carbocycles. The highest BCUT2D eigenvalue weighted by atomic mass is 32.2. The zero-order valence-corrected chi connectivity index (χ0v) is 17.8. The first kappa shape index (κ1) is 19.7. The van der Waals surface area contributed by atoms with E-state index in [0.717, 1.165) is 21.8 Å². The number of sulfone groups is 1. The lowest BCUT2D eigenvalue weighted by atomic mass is 9.90. The van der Waals surface area contributed by atoms with Crippen molar-refractivity contribution in [2.24, 2.45) is 0 Å². The highest BCUT2D eigenvalue weighted by molar-refractivity contribution is 7.91. The Kier molecular flexibility index (Phi) is 5.19. The van der Waals surface area contributed by atoms with Crippen molar-refractivity contribution in [2.75, 3.05) is 11.9 Å². The molecule has 1 aliphatic heterocycles. The summed E-state index contributed by atoms with van der Waals surface area (Å²) in [6.45, 7) is 4.33. The number of thiophene rings is 1. The van der Waals surface area contributed by atoms with E-state index in [9.17, 15) is 13.2 Å². The van der Waals surface area contributed by atoms with Gasteiger partial charge in [-0.15, -0.1) is 11.3 Å². The molecular weight excluding hydrogens is 406 g/mol. The highest BCUT2D eigenvalue weighted by Crippen LogP contribution is 2.47. The van der Waals surface area contributed by atoms with Crippen molar-refractivity contribution in [1.82, 2.24) is 0 Å². The number of carbonyl (C=O) groups is 1. The Morgan fingerprint density at radius 3 is 2.59 bits per heavy atom. The maximum Gasteiger partial charge on any atom is 0.225 e. The summed E-state index contributed by atoms with van der Waals surface area (Å²) in [4.78, 5) is 13.7. The van der Waals surface area contributed by atoms with E-state index in [4.69, 9.17) is 4.74 Å². The molecule has 29 heavy (non-hydrogen) atoms. The van der Waals surface area contributed by atoms with Crippen LogP contribution in [0.25, 0.3) is 0 Å². The van der Waals surface area contributed by atoms with Crippen LogP contribution in [0.2, 0.25) is 0 Å². The van der Waals surface area contributed by atoms with Crippen LogP contribution in [-0.4, -0.2) is 20.9 Å². The van der Waals surface area contributed by atoms with E-state index in [1.54, 1.807) is 29.6 Å². The van der Waals surface area contributed by atoms with Gasteiger partial charge in [0.15, 0.2) is 0 Å². The van der Waals surface area contributed by atoms with Gasteiger partial charge in [-0.1, -0.05) is 35.9 Å². The third-order valence-electron chi connectivity index (χ3n) is 4.97. The highest BCUT2D eigenvalue weighted by Gasteiger charge is 2.35. The van der Waals surface area contributed by atoms with Gasteiger partial charge in [-0.3, -0.25) is 4.79 Å². The van der Waals surface area contributed by atoms with Crippen molar-refractivity contribution < 1.29 is 17.9 Å². The lowest BCUT2D eigenvalue weighted by molar-refractivity contribution is -0.116. The molecule has 0 unspecified atom stereocenters. The van der Waals surface area contributed by atoms with Gasteiger partial charge in [0.25, 0.3) is 0 Å². The molecule has 0 saturated carbocycles. The Hall–Kier alpha value is -2.64. The van der Waals surface area contributed by atoms with Gasteiger partial charge in [0.1, 0.15) is 10.6 Å². The molecule has 2 heterocycles. The van der Waals surface area contributed by atoms with Gasteiger partial charge in [-0.2, -0.15) is 0 Å². The van der Waals surface area contributed by atoms with Crippen LogP contribution >= 0.6 is 11.3 Å². The molecule has 150 valence electrons. The SMILES string of the molecule is CCOc1ccccc1[C@H]1CC(=O)Nc2c(S(=O)(=O)c3ccc(C)cc3)csc21. The summed E-state index contributed by atoms with van der Waals surface area (Å²) in [6.07, 6.45) is 0.252. The lowest BCUT2D eigenvalue weighted by Gasteiger charge is -2.25. The van der Waals surface area contributed by atoms with E-state index < -0.39 is 9.84 Å². The van der Waals surface area contributed by atoms with E-state index in [1.807, 2.05) is 38.1 Å². The minimum Gasteiger partial charge on any atom is -0.494 e. The lowest BCUT2D eigenvalue weighted by Crippen LogP contribution is -2.23. The zero-order chi connectivity index (χ0) is 20.6. The average Bonchev–Trinajstić information content (AvgIpc) is 3.13. The first-order chi connectivity index (χ1) is 13.9. The van der Waals surface area contributed by atoms with Crippen molar-refractivity contribution in [1.29, 1.82) is 0 Å². The molecule has 1 aromatic heterocycles. The van der Waals surface area contributed by atoms with Crippen LogP contribution in [0.4, 0.5) is 5.69 Å². The third-order valence-corrected chi connectivity index (χ3v) is 8.01. The number of fused-ring (bicyclic) bond motifs is 1. The second-order valence-electron chi connectivity index (χ2n) is 6.93. The Balaban J connectivity index is 1.82. The molecule has 5 nitrogen and oxygen atoms in total. The van der Waals surface area contributed by atoms with Crippen molar-refractivity contribution in [3.63, 3.8) is 0 Å². The van der Waals surface area contributed by atoms with Gasteiger partial charge in [0.05, 0.1) is 17.2 Å². The fourth-order valence-electron chi connectivity index (χ4n) is 3.55. The standard InChI is InChI=1S/C22H21NO4S2/c1-3-27-18-7-5-4-6-16(18)17-12-20(24)23-21-19(13-28-22(17)21)29(25,26)15-10-8-14(2)9-11-15/h4-11,13,17H,3,12H2,1-2H3,(H,23,24)/t17-/m1/s1. The van der Waals surface area contributed by atoms with E-state index in [-0.39, 0.29) is 28.0 Å². The number of anilines is 1. The number of para-hydroxylation sites is 1. The van der Waals surface area contributed by atoms with Crippen LogP contribution < -0.4 is 10.1 Å². The molecule has 4 rings (SSSR count). The minimum atomic E-state index is -3.74. The molecule has 1 atom stereocenters. The molecular formula is C22H21NO4S2. The molecule has 0 aliphatic carbocycles. The first-order valence-corrected chi connectivity index (χ1v) is 11.7. The molecule has 0 spiro atoms. The smallest absolute Gasteiger partial charge is 0.225 e. The Bertz CT molecular complexity index is 1160. The van der Waals surface area contributed by atoms with Gasteiger partial charge in [-0.25, -0.2) is 8.42 Å². The molecule has 1 N–H and O–H groups in total. The van der Waals surface area contributed by atoms with Gasteiger partial charge >= 0.3 is 0 Å². The maximum absolute atomic E-state index is 13.2. The van der Waals surface area contributed by atoms with Crippen LogP contribution in [0.1, 0.15) is 35.3 Å². The monoisotopic (exact) mass is 427 g/mol. The van der Waals surface area contributed by atoms with Crippen LogP contribution in [0.15, 0.2) is 63.7 Å². The summed E-state index contributed by atoms with van der Waals surface area (Å²) in [5, 5.41) is 4.43. The molecule has 0 radical (unpaired) electrons. The number of aryl methyl sites for hydroxylation is 1. The second kappa shape index (κ2) is 7.65. The number of nitrogens with one attached hydrogen (secondary N) is 1. The number of carbonyl (C=O) groups excluding carboxylic acids is 1. The summed E-state index contributed by atoms with van der Waals surface area (Å²) in [7, 11) is -3.74. The van der Waals surface area contributed by atoms with Crippen molar-refractivity contribution in [2.45, 2.75) is 36.0 Å². The number of rotatable bonds is 5. The molecule has 0 bridgehead atoms. The zero-order valence-electron chi connectivity index (χ0n) is 16.1. The predicted molar refractivity (Wildman–Crippen MR) is 114 cm³/mol. The summed E-state index contributed by atoms with van der Waals surface area (Å²) in [5.41, 5.74) is 2.27. The van der Waals surface area contributed by atoms with Crippen LogP contribution in [0, 0.1) is 6.92 Å². The second-order valence-corrected chi connectivity index (χ2v) is 9.76. The summed E-state index contributed by atoms with van der Waals surface area (Å²) in [6, 6.07) is 14.3. The topological polar surface area (TPSA) is 72.5 Å². The number of amides is 1. The molecule has 0 saturated heterocycles. The van der Waals surface area contributed by atoms with E-state index in [0.29, 0.717) is 12.3 Å². The normalized spacial score (nSPS) is 16.2. The predicted octanol–water partition coefficient (Wildman–Crippen LogP) is 4.76. The summed E-state index contributed by atoms with van der Waals surface area (Å²) >= 11 is 1.36. The maximum atomic E-state index is 13.2. The van der Waals surface area contributed by atoms with E-state index in [2.05, 4.69) is 5.32 Å². The fraction of sp³-hybridized carbons (Fsp3) is 0.227. The molecule has 1 aliphatic rings. The minimum absolute atomic E-state index is 0.147. The quantitative estimate of drug-likeness (QED) is 0.637. The molecule has 3 aromatic rings.